The summed E-state index contributed by atoms with van der Waals surface area (Å²) in [5, 5.41) is 8.99. The lowest BCUT2D eigenvalue weighted by molar-refractivity contribution is -0.118. The van der Waals surface area contributed by atoms with Gasteiger partial charge in [0, 0.05) is 34.8 Å². The first kappa shape index (κ1) is 28.1. The zero-order chi connectivity index (χ0) is 29.1. The molecule has 2 amide bonds. The van der Waals surface area contributed by atoms with E-state index in [9.17, 15) is 27.2 Å². The van der Waals surface area contributed by atoms with Gasteiger partial charge in [-0.1, -0.05) is 23.9 Å². The molecule has 1 atom stereocenters. The van der Waals surface area contributed by atoms with Gasteiger partial charge in [0.05, 0.1) is 7.11 Å². The van der Waals surface area contributed by atoms with Gasteiger partial charge in [-0.15, -0.1) is 11.3 Å². The molecule has 0 saturated carbocycles. The number of amides is 2. The Hall–Kier alpha value is -4.43. The Morgan fingerprint density at radius 3 is 2.41 bits per heavy atom. The Kier molecular flexibility index (Phi) is 8.21. The van der Waals surface area contributed by atoms with Crippen LogP contribution in [0.1, 0.15) is 26.9 Å². The van der Waals surface area contributed by atoms with E-state index in [0.29, 0.717) is 28.4 Å². The van der Waals surface area contributed by atoms with Crippen molar-refractivity contribution >= 4 is 45.1 Å². The quantitative estimate of drug-likeness (QED) is 0.250. The number of nitrogens with zero attached hydrogens (tertiary/aromatic N) is 3. The zero-order valence-corrected chi connectivity index (χ0v) is 22.6. The number of nitrogens with one attached hydrogen (secondary N) is 1. The summed E-state index contributed by atoms with van der Waals surface area (Å²) in [5.41, 5.74) is -0.263. The van der Waals surface area contributed by atoms with Crippen LogP contribution in [0.4, 0.5) is 22.7 Å². The lowest BCUT2D eigenvalue weighted by Gasteiger charge is -2.24. The number of para-hydroxylation sites is 1. The average molecular weight is 603 g/mol. The standard InChI is InChI=1S/C27H18F4N4O4S2/c1-38-23-17(3-2-4-20(23)39-13-21(36)33-27-32-9-10-40-27)26-35(25(37)22-18(30)11-16(29)12-19(22)31)34-24(41-26)14-5-7-15(28)8-6-14/h2-12,26H,13H2,1H3,(H,32,33,36). The highest BCUT2D eigenvalue weighted by atomic mass is 32.2. The molecule has 0 bridgehead atoms. The molecule has 0 aliphatic carbocycles. The van der Waals surface area contributed by atoms with Crippen molar-refractivity contribution in [1.82, 2.24) is 9.99 Å². The van der Waals surface area contributed by atoms with Crippen LogP contribution in [0.2, 0.25) is 0 Å². The Labute approximate surface area is 238 Å². The van der Waals surface area contributed by atoms with E-state index in [1.165, 1.54) is 55.0 Å². The highest BCUT2D eigenvalue weighted by molar-refractivity contribution is 8.14. The Morgan fingerprint density at radius 2 is 1.76 bits per heavy atom. The highest BCUT2D eigenvalue weighted by Crippen LogP contribution is 2.47. The zero-order valence-electron chi connectivity index (χ0n) is 20.9. The van der Waals surface area contributed by atoms with Gasteiger partial charge < -0.3 is 9.47 Å². The first-order valence-corrected chi connectivity index (χ1v) is 13.5. The van der Waals surface area contributed by atoms with Crippen molar-refractivity contribution in [3.8, 4) is 11.5 Å². The number of ether oxygens (including phenoxy) is 2. The fourth-order valence-corrected chi connectivity index (χ4v) is 5.62. The molecule has 41 heavy (non-hydrogen) atoms. The van der Waals surface area contributed by atoms with E-state index in [1.54, 1.807) is 17.5 Å². The number of hydrogen-bond acceptors (Lipinski definition) is 8. The van der Waals surface area contributed by atoms with E-state index >= 15 is 0 Å². The van der Waals surface area contributed by atoms with Crippen molar-refractivity contribution < 1.29 is 36.6 Å². The largest absolute Gasteiger partial charge is 0.492 e. The molecule has 14 heteroatoms. The number of anilines is 1. The van der Waals surface area contributed by atoms with Gasteiger partial charge in [0.1, 0.15) is 39.2 Å². The molecule has 3 aromatic carbocycles. The molecule has 4 aromatic rings. The summed E-state index contributed by atoms with van der Waals surface area (Å²) in [5.74, 6) is -5.90. The molecule has 0 spiro atoms. The second-order valence-electron chi connectivity index (χ2n) is 8.33. The number of carbonyl (C=O) groups excluding carboxylic acids is 2. The molecule has 0 saturated heterocycles. The average Bonchev–Trinajstić information content (AvgIpc) is 3.62. The van der Waals surface area contributed by atoms with Crippen LogP contribution in [-0.4, -0.2) is 40.6 Å². The summed E-state index contributed by atoms with van der Waals surface area (Å²) in [6, 6.07) is 10.7. The van der Waals surface area contributed by atoms with Crippen LogP contribution in [-0.2, 0) is 4.79 Å². The predicted molar refractivity (Wildman–Crippen MR) is 145 cm³/mol. The van der Waals surface area contributed by atoms with Crippen LogP contribution in [0.3, 0.4) is 0 Å². The first-order valence-electron chi connectivity index (χ1n) is 11.7. The van der Waals surface area contributed by atoms with Crippen molar-refractivity contribution in [2.24, 2.45) is 5.10 Å². The summed E-state index contributed by atoms with van der Waals surface area (Å²) in [7, 11) is 1.34. The van der Waals surface area contributed by atoms with E-state index in [4.69, 9.17) is 9.47 Å². The number of rotatable bonds is 8. The maximum Gasteiger partial charge on any atom is 0.281 e. The van der Waals surface area contributed by atoms with E-state index in [1.807, 2.05) is 0 Å². The van der Waals surface area contributed by atoms with Crippen LogP contribution < -0.4 is 14.8 Å². The molecule has 1 aromatic heterocycles. The fraction of sp³-hybridized carbons (Fsp3) is 0.111. The molecule has 2 heterocycles. The second kappa shape index (κ2) is 12.0. The van der Waals surface area contributed by atoms with Gasteiger partial charge >= 0.3 is 0 Å². The third-order valence-electron chi connectivity index (χ3n) is 5.68. The van der Waals surface area contributed by atoms with Crippen molar-refractivity contribution in [1.29, 1.82) is 0 Å². The van der Waals surface area contributed by atoms with Gasteiger partial charge in [0.2, 0.25) is 0 Å². The minimum absolute atomic E-state index is 0.125. The van der Waals surface area contributed by atoms with E-state index in [2.05, 4.69) is 15.4 Å². The third-order valence-corrected chi connectivity index (χ3v) is 7.59. The van der Waals surface area contributed by atoms with Crippen LogP contribution >= 0.6 is 23.1 Å². The monoisotopic (exact) mass is 602 g/mol. The number of thiazole rings is 1. The molecule has 8 nitrogen and oxygen atoms in total. The first-order chi connectivity index (χ1) is 19.7. The Bertz CT molecular complexity index is 1610. The molecule has 5 rings (SSSR count). The number of benzene rings is 3. The van der Waals surface area contributed by atoms with Crippen LogP contribution in [0.25, 0.3) is 0 Å². The van der Waals surface area contributed by atoms with Gasteiger partial charge in [0.15, 0.2) is 23.2 Å². The smallest absolute Gasteiger partial charge is 0.281 e. The minimum Gasteiger partial charge on any atom is -0.492 e. The van der Waals surface area contributed by atoms with E-state index in [-0.39, 0.29) is 16.5 Å². The molecular formula is C27H18F4N4O4S2. The van der Waals surface area contributed by atoms with Gasteiger partial charge in [-0.3, -0.25) is 14.9 Å². The van der Waals surface area contributed by atoms with Crippen molar-refractivity contribution in [2.75, 3.05) is 19.0 Å². The van der Waals surface area contributed by atoms with Crippen LogP contribution in [0.5, 0.6) is 11.5 Å². The molecular weight excluding hydrogens is 584 g/mol. The molecule has 1 unspecified atom stereocenters. The van der Waals surface area contributed by atoms with Crippen LogP contribution in [0.15, 0.2) is 71.3 Å². The summed E-state index contributed by atoms with van der Waals surface area (Å²) < 4.78 is 67.6. The molecule has 0 fully saturated rings. The Morgan fingerprint density at radius 1 is 1.02 bits per heavy atom. The molecule has 1 N–H and O–H groups in total. The molecule has 1 aliphatic heterocycles. The van der Waals surface area contributed by atoms with Crippen molar-refractivity contribution in [3.63, 3.8) is 0 Å². The lowest BCUT2D eigenvalue weighted by atomic mass is 10.1. The normalized spacial score (nSPS) is 14.5. The second-order valence-corrected chi connectivity index (χ2v) is 10.3. The number of hydrazone groups is 1. The van der Waals surface area contributed by atoms with Crippen molar-refractivity contribution in [2.45, 2.75) is 5.37 Å². The number of hydrogen-bond donors (Lipinski definition) is 1. The Balaban J connectivity index is 1.49. The van der Waals surface area contributed by atoms with E-state index < -0.39 is 52.6 Å². The predicted octanol–water partition coefficient (Wildman–Crippen LogP) is 5.98. The van der Waals surface area contributed by atoms with Gasteiger partial charge in [-0.25, -0.2) is 27.6 Å². The summed E-state index contributed by atoms with van der Waals surface area (Å²) in [6.45, 7) is -0.400. The van der Waals surface area contributed by atoms with Gasteiger partial charge in [-0.2, -0.15) is 5.10 Å². The van der Waals surface area contributed by atoms with E-state index in [0.717, 1.165) is 16.8 Å². The number of methoxy groups -OCH3 is 1. The number of aromatic nitrogens is 1. The summed E-state index contributed by atoms with van der Waals surface area (Å²) >= 11 is 2.26. The topological polar surface area (TPSA) is 93.1 Å². The van der Waals surface area contributed by atoms with Crippen LogP contribution in [0, 0.1) is 23.3 Å². The van der Waals surface area contributed by atoms with Gasteiger partial charge in [-0.05, 0) is 30.3 Å². The molecule has 1 aliphatic rings. The third kappa shape index (κ3) is 6.02. The highest BCUT2D eigenvalue weighted by Gasteiger charge is 2.39. The SMILES string of the molecule is COc1c(OCC(=O)Nc2nccs2)cccc1C1SC(c2ccc(F)cc2)=NN1C(=O)c1c(F)cc(F)cc1F. The fourth-order valence-electron chi connectivity index (χ4n) is 3.90. The molecule has 210 valence electrons. The maximum absolute atomic E-state index is 14.6. The molecule has 0 radical (unpaired) electrons. The summed E-state index contributed by atoms with van der Waals surface area (Å²) in [4.78, 5) is 29.8. The number of thioether (sulfide) groups is 1. The minimum atomic E-state index is -1.41. The lowest BCUT2D eigenvalue weighted by Crippen LogP contribution is -2.28. The van der Waals surface area contributed by atoms with Gasteiger partial charge in [0.25, 0.3) is 11.8 Å². The summed E-state index contributed by atoms with van der Waals surface area (Å²) in [6.07, 6.45) is 1.53. The number of halogens is 4. The number of carbonyl (C=O) groups is 2. The van der Waals surface area contributed by atoms with Crippen molar-refractivity contribution in [3.05, 3.63) is 106 Å². The maximum atomic E-state index is 14.6.